The zero-order chi connectivity index (χ0) is 15.3. The second-order valence-electron chi connectivity index (χ2n) is 7.65. The van der Waals surface area contributed by atoms with Crippen molar-refractivity contribution < 1.29 is 0 Å². The maximum Gasteiger partial charge on any atom is 0.0330 e. The van der Waals surface area contributed by atoms with Gasteiger partial charge >= 0.3 is 0 Å². The second-order valence-corrected chi connectivity index (χ2v) is 7.65. The molecule has 0 amide bonds. The van der Waals surface area contributed by atoms with Crippen LogP contribution in [0.3, 0.4) is 0 Å². The summed E-state index contributed by atoms with van der Waals surface area (Å²) in [5.74, 6) is 0. The van der Waals surface area contributed by atoms with E-state index in [0.29, 0.717) is 11.6 Å². The van der Waals surface area contributed by atoms with E-state index in [0.717, 1.165) is 6.04 Å². The maximum atomic E-state index is 3.84. The van der Waals surface area contributed by atoms with Gasteiger partial charge in [0.2, 0.25) is 0 Å². The summed E-state index contributed by atoms with van der Waals surface area (Å²) >= 11 is 0. The van der Waals surface area contributed by atoms with E-state index < -0.39 is 0 Å². The Morgan fingerprint density at radius 3 is 2.29 bits per heavy atom. The van der Waals surface area contributed by atoms with Crippen molar-refractivity contribution >= 4 is 0 Å². The Balaban J connectivity index is 1.97. The van der Waals surface area contributed by atoms with Crippen LogP contribution in [0.25, 0.3) is 0 Å². The third-order valence-electron chi connectivity index (χ3n) is 5.98. The van der Waals surface area contributed by atoms with Gasteiger partial charge in [-0.15, -0.1) is 0 Å². The average Bonchev–Trinajstić information content (AvgIpc) is 2.65. The highest BCUT2D eigenvalue weighted by molar-refractivity contribution is 4.99. The van der Waals surface area contributed by atoms with E-state index in [2.05, 4.69) is 43.2 Å². The highest BCUT2D eigenvalue weighted by Gasteiger charge is 2.41. The van der Waals surface area contributed by atoms with Crippen LogP contribution in [-0.2, 0) is 0 Å². The molecule has 1 N–H and O–H groups in total. The Kier molecular flexibility index (Phi) is 6.51. The van der Waals surface area contributed by atoms with E-state index in [1.807, 2.05) is 0 Å². The Morgan fingerprint density at radius 1 is 1.00 bits per heavy atom. The Hall–Kier alpha value is -0.120. The molecular formula is C18H37N3. The highest BCUT2D eigenvalue weighted by Crippen LogP contribution is 2.37. The summed E-state index contributed by atoms with van der Waals surface area (Å²) in [7, 11) is 6.92. The van der Waals surface area contributed by atoms with Gasteiger partial charge in [-0.3, -0.25) is 0 Å². The molecule has 3 heteroatoms. The van der Waals surface area contributed by atoms with Crippen LogP contribution < -0.4 is 5.32 Å². The summed E-state index contributed by atoms with van der Waals surface area (Å²) in [5.41, 5.74) is 0.455. The predicted octanol–water partition coefficient (Wildman–Crippen LogP) is 3.10. The van der Waals surface area contributed by atoms with E-state index >= 15 is 0 Å². The molecule has 124 valence electrons. The van der Waals surface area contributed by atoms with Crippen molar-refractivity contribution in [2.75, 3.05) is 34.2 Å². The predicted molar refractivity (Wildman–Crippen MR) is 91.9 cm³/mol. The largest absolute Gasteiger partial charge is 0.312 e. The zero-order valence-electron chi connectivity index (χ0n) is 14.8. The fourth-order valence-electron chi connectivity index (χ4n) is 4.30. The molecule has 0 saturated heterocycles. The Morgan fingerprint density at radius 2 is 1.71 bits per heavy atom. The molecular weight excluding hydrogens is 258 g/mol. The van der Waals surface area contributed by atoms with Crippen LogP contribution in [0.4, 0.5) is 0 Å². The van der Waals surface area contributed by atoms with Gasteiger partial charge in [-0.1, -0.05) is 26.2 Å². The molecule has 0 heterocycles. The van der Waals surface area contributed by atoms with Crippen LogP contribution in [0.15, 0.2) is 0 Å². The lowest BCUT2D eigenvalue weighted by atomic mass is 9.75. The standard InChI is InChI=1S/C18H37N3/c1-5-14-19-16-10-7-6-8-11-17(16)21(4)15-18(20(2)3)12-9-13-18/h16-17,19H,5-15H2,1-4H3. The van der Waals surface area contributed by atoms with Gasteiger partial charge in [0.05, 0.1) is 0 Å². The summed E-state index contributed by atoms with van der Waals surface area (Å²) in [6.45, 7) is 4.70. The van der Waals surface area contributed by atoms with E-state index in [1.54, 1.807) is 0 Å². The van der Waals surface area contributed by atoms with Gasteiger partial charge < -0.3 is 15.1 Å². The fraction of sp³-hybridized carbons (Fsp3) is 1.00. The van der Waals surface area contributed by atoms with Crippen LogP contribution in [0.2, 0.25) is 0 Å². The maximum absolute atomic E-state index is 3.84. The number of nitrogens with zero attached hydrogens (tertiary/aromatic N) is 2. The van der Waals surface area contributed by atoms with Crippen LogP contribution in [0, 0.1) is 0 Å². The molecule has 0 aliphatic heterocycles. The first-order valence-corrected chi connectivity index (χ1v) is 9.20. The number of hydrogen-bond acceptors (Lipinski definition) is 3. The van der Waals surface area contributed by atoms with Crippen LogP contribution in [0.1, 0.15) is 64.7 Å². The molecule has 0 aromatic rings. The zero-order valence-corrected chi connectivity index (χ0v) is 14.8. The van der Waals surface area contributed by atoms with Crippen molar-refractivity contribution in [3.8, 4) is 0 Å². The molecule has 0 spiro atoms. The summed E-state index contributed by atoms with van der Waals surface area (Å²) in [6, 6.07) is 1.44. The lowest BCUT2D eigenvalue weighted by molar-refractivity contribution is 0.00974. The topological polar surface area (TPSA) is 18.5 Å². The Bertz CT molecular complexity index is 299. The Labute approximate surface area is 132 Å². The van der Waals surface area contributed by atoms with Crippen molar-refractivity contribution in [1.29, 1.82) is 0 Å². The minimum atomic E-state index is 0.455. The quantitative estimate of drug-likeness (QED) is 0.728. The highest BCUT2D eigenvalue weighted by atomic mass is 15.2. The van der Waals surface area contributed by atoms with E-state index in [-0.39, 0.29) is 0 Å². The molecule has 2 saturated carbocycles. The number of rotatable bonds is 7. The van der Waals surface area contributed by atoms with Gasteiger partial charge in [0, 0.05) is 24.2 Å². The van der Waals surface area contributed by atoms with E-state index in [4.69, 9.17) is 0 Å². The fourth-order valence-corrected chi connectivity index (χ4v) is 4.30. The van der Waals surface area contributed by atoms with Gasteiger partial charge in [0.15, 0.2) is 0 Å². The van der Waals surface area contributed by atoms with Gasteiger partial charge in [-0.2, -0.15) is 0 Å². The minimum absolute atomic E-state index is 0.455. The number of nitrogens with one attached hydrogen (secondary N) is 1. The summed E-state index contributed by atoms with van der Waals surface area (Å²) < 4.78 is 0. The third-order valence-corrected chi connectivity index (χ3v) is 5.98. The van der Waals surface area contributed by atoms with Crippen molar-refractivity contribution in [2.24, 2.45) is 0 Å². The van der Waals surface area contributed by atoms with Crippen LogP contribution in [-0.4, -0.2) is 61.7 Å². The monoisotopic (exact) mass is 295 g/mol. The summed E-state index contributed by atoms with van der Waals surface area (Å²) in [4.78, 5) is 5.18. The van der Waals surface area contributed by atoms with E-state index in [9.17, 15) is 0 Å². The first-order valence-electron chi connectivity index (χ1n) is 9.20. The molecule has 0 radical (unpaired) electrons. The third kappa shape index (κ3) is 4.20. The molecule has 0 aromatic heterocycles. The van der Waals surface area contributed by atoms with Crippen molar-refractivity contribution in [1.82, 2.24) is 15.1 Å². The SMILES string of the molecule is CCCNC1CCCCCC1N(C)CC1(N(C)C)CCC1. The smallest absolute Gasteiger partial charge is 0.0330 e. The normalized spacial score (nSPS) is 29.4. The lowest BCUT2D eigenvalue weighted by Gasteiger charge is -2.51. The van der Waals surface area contributed by atoms with Crippen LogP contribution >= 0.6 is 0 Å². The minimum Gasteiger partial charge on any atom is -0.312 e. The lowest BCUT2D eigenvalue weighted by Crippen LogP contribution is -2.60. The van der Waals surface area contributed by atoms with Gasteiger partial charge in [0.1, 0.15) is 0 Å². The average molecular weight is 296 g/mol. The van der Waals surface area contributed by atoms with Crippen molar-refractivity contribution in [2.45, 2.75) is 82.3 Å². The van der Waals surface area contributed by atoms with Gasteiger partial charge in [0.25, 0.3) is 0 Å². The molecule has 3 nitrogen and oxygen atoms in total. The van der Waals surface area contributed by atoms with Crippen molar-refractivity contribution in [3.05, 3.63) is 0 Å². The molecule has 2 rings (SSSR count). The molecule has 2 aliphatic carbocycles. The van der Waals surface area contributed by atoms with Crippen molar-refractivity contribution in [3.63, 3.8) is 0 Å². The second kappa shape index (κ2) is 7.94. The molecule has 0 bridgehead atoms. The number of hydrogen-bond donors (Lipinski definition) is 1. The number of likely N-dealkylation sites (N-methyl/N-ethyl adjacent to an activating group) is 2. The molecule has 0 aromatic carbocycles. The first kappa shape index (κ1) is 17.2. The molecule has 2 atom stereocenters. The molecule has 2 fully saturated rings. The molecule has 2 unspecified atom stereocenters. The van der Waals surface area contributed by atoms with Gasteiger partial charge in [-0.25, -0.2) is 0 Å². The summed E-state index contributed by atoms with van der Waals surface area (Å²) in [6.07, 6.45) is 12.4. The van der Waals surface area contributed by atoms with Gasteiger partial charge in [-0.05, 0) is 66.2 Å². The molecule has 2 aliphatic rings. The van der Waals surface area contributed by atoms with Crippen LogP contribution in [0.5, 0.6) is 0 Å². The summed E-state index contributed by atoms with van der Waals surface area (Å²) in [5, 5.41) is 3.84. The first-order chi connectivity index (χ1) is 10.1. The van der Waals surface area contributed by atoms with E-state index in [1.165, 1.54) is 70.9 Å². The molecule has 21 heavy (non-hydrogen) atoms.